The van der Waals surface area contributed by atoms with E-state index < -0.39 is 0 Å². The normalized spacial score (nSPS) is 19.0. The number of nitrogens with one attached hydrogen (secondary N) is 1. The summed E-state index contributed by atoms with van der Waals surface area (Å²) in [5.41, 5.74) is 6.29. The molecule has 0 radical (unpaired) electrons. The van der Waals surface area contributed by atoms with Crippen molar-refractivity contribution in [2.45, 2.75) is 66.3 Å². The number of aryl methyl sites for hydroxylation is 3. The van der Waals surface area contributed by atoms with Gasteiger partial charge in [0, 0.05) is 12.6 Å². The molecule has 1 saturated carbocycles. The van der Waals surface area contributed by atoms with Crippen LogP contribution in [0.15, 0.2) is 12.1 Å². The van der Waals surface area contributed by atoms with E-state index in [0.717, 1.165) is 0 Å². The molecule has 106 valence electrons. The van der Waals surface area contributed by atoms with Crippen LogP contribution in [0, 0.1) is 26.2 Å². The van der Waals surface area contributed by atoms with Gasteiger partial charge in [-0.05, 0) is 74.6 Å². The maximum atomic E-state index is 3.78. The van der Waals surface area contributed by atoms with Crippen LogP contribution in [0.4, 0.5) is 0 Å². The number of benzene rings is 1. The van der Waals surface area contributed by atoms with Crippen molar-refractivity contribution in [2.24, 2.45) is 5.41 Å². The van der Waals surface area contributed by atoms with Gasteiger partial charge in [0.15, 0.2) is 0 Å². The zero-order valence-corrected chi connectivity index (χ0v) is 13.3. The van der Waals surface area contributed by atoms with E-state index >= 15 is 0 Å². The molecule has 0 saturated heterocycles. The molecular weight excluding hydrogens is 230 g/mol. The van der Waals surface area contributed by atoms with Gasteiger partial charge in [0.2, 0.25) is 0 Å². The first-order chi connectivity index (χ1) is 8.97. The lowest BCUT2D eigenvalue weighted by atomic mass is 9.67. The third-order valence-corrected chi connectivity index (χ3v) is 5.30. The molecule has 0 spiro atoms. The monoisotopic (exact) mass is 259 g/mol. The number of rotatable bonds is 5. The summed E-state index contributed by atoms with van der Waals surface area (Å²) in [7, 11) is 0. The van der Waals surface area contributed by atoms with E-state index in [1.54, 1.807) is 0 Å². The predicted octanol–water partition coefficient (Wildman–Crippen LogP) is 4.84. The molecule has 0 bridgehead atoms. The van der Waals surface area contributed by atoms with Crippen LogP contribution in [-0.2, 0) is 0 Å². The molecule has 1 nitrogen and oxygen atoms in total. The molecule has 1 aromatic carbocycles. The summed E-state index contributed by atoms with van der Waals surface area (Å²) in [4.78, 5) is 0. The molecule has 0 aromatic heterocycles. The van der Waals surface area contributed by atoms with Crippen LogP contribution in [0.3, 0.4) is 0 Å². The van der Waals surface area contributed by atoms with Crippen LogP contribution in [-0.4, -0.2) is 6.54 Å². The van der Waals surface area contributed by atoms with E-state index in [1.165, 1.54) is 54.5 Å². The highest BCUT2D eigenvalue weighted by Crippen LogP contribution is 2.43. The van der Waals surface area contributed by atoms with Crippen molar-refractivity contribution >= 4 is 0 Å². The van der Waals surface area contributed by atoms with Gasteiger partial charge in [0.25, 0.3) is 0 Å². The summed E-state index contributed by atoms with van der Waals surface area (Å²) in [6, 6.07) is 5.15. The standard InChI is InChI=1S/C18H29N/c1-6-18(8-7-9-18)12-19-16(5)17-11-14(3)13(2)10-15(17)4/h10-11,16,19H,6-9,12H2,1-5H3. The van der Waals surface area contributed by atoms with Crippen LogP contribution in [0.5, 0.6) is 0 Å². The zero-order valence-electron chi connectivity index (χ0n) is 13.3. The van der Waals surface area contributed by atoms with Crippen LogP contribution in [0.1, 0.15) is 67.8 Å². The summed E-state index contributed by atoms with van der Waals surface area (Å²) >= 11 is 0. The highest BCUT2D eigenvalue weighted by molar-refractivity contribution is 5.38. The largest absolute Gasteiger partial charge is 0.310 e. The molecule has 1 aromatic rings. The minimum absolute atomic E-state index is 0.461. The highest BCUT2D eigenvalue weighted by atomic mass is 14.9. The van der Waals surface area contributed by atoms with Crippen LogP contribution < -0.4 is 5.32 Å². The summed E-state index contributed by atoms with van der Waals surface area (Å²) in [5, 5.41) is 3.78. The molecular formula is C18H29N. The first-order valence-corrected chi connectivity index (χ1v) is 7.78. The Kier molecular flexibility index (Phi) is 4.35. The van der Waals surface area contributed by atoms with E-state index in [4.69, 9.17) is 0 Å². The van der Waals surface area contributed by atoms with Gasteiger partial charge in [-0.2, -0.15) is 0 Å². The molecule has 2 rings (SSSR count). The zero-order chi connectivity index (χ0) is 14.0. The van der Waals surface area contributed by atoms with E-state index in [9.17, 15) is 0 Å². The Balaban J connectivity index is 2.03. The minimum atomic E-state index is 0.461. The van der Waals surface area contributed by atoms with Gasteiger partial charge < -0.3 is 5.32 Å². The van der Waals surface area contributed by atoms with Crippen molar-refractivity contribution in [2.75, 3.05) is 6.54 Å². The van der Waals surface area contributed by atoms with Crippen LogP contribution >= 0.6 is 0 Å². The molecule has 1 aliphatic carbocycles. The second-order valence-electron chi connectivity index (χ2n) is 6.60. The summed E-state index contributed by atoms with van der Waals surface area (Å²) in [5.74, 6) is 0. The van der Waals surface area contributed by atoms with Gasteiger partial charge in [-0.15, -0.1) is 0 Å². The first kappa shape index (κ1) is 14.6. The molecule has 1 heteroatoms. The Labute approximate surface area is 118 Å². The minimum Gasteiger partial charge on any atom is -0.310 e. The second kappa shape index (κ2) is 5.66. The molecule has 1 unspecified atom stereocenters. The van der Waals surface area contributed by atoms with Crippen LogP contribution in [0.25, 0.3) is 0 Å². The van der Waals surface area contributed by atoms with E-state index in [2.05, 4.69) is 52.1 Å². The Morgan fingerprint density at radius 3 is 2.26 bits per heavy atom. The van der Waals surface area contributed by atoms with E-state index in [1.807, 2.05) is 0 Å². The van der Waals surface area contributed by atoms with Gasteiger partial charge >= 0.3 is 0 Å². The maximum Gasteiger partial charge on any atom is 0.0294 e. The molecule has 0 aliphatic heterocycles. The Morgan fingerprint density at radius 2 is 1.74 bits per heavy atom. The van der Waals surface area contributed by atoms with Crippen molar-refractivity contribution in [1.29, 1.82) is 0 Å². The summed E-state index contributed by atoms with van der Waals surface area (Å²) in [6.07, 6.45) is 5.56. The predicted molar refractivity (Wildman–Crippen MR) is 83.6 cm³/mol. The van der Waals surface area contributed by atoms with Gasteiger partial charge in [-0.25, -0.2) is 0 Å². The molecule has 1 fully saturated rings. The fraction of sp³-hybridized carbons (Fsp3) is 0.667. The molecule has 1 N–H and O–H groups in total. The summed E-state index contributed by atoms with van der Waals surface area (Å²) in [6.45, 7) is 12.5. The second-order valence-corrected chi connectivity index (χ2v) is 6.60. The third kappa shape index (κ3) is 3.02. The molecule has 19 heavy (non-hydrogen) atoms. The van der Waals surface area contributed by atoms with Gasteiger partial charge in [0.1, 0.15) is 0 Å². The Morgan fingerprint density at radius 1 is 1.11 bits per heavy atom. The average Bonchev–Trinajstić information content (AvgIpc) is 2.32. The smallest absolute Gasteiger partial charge is 0.0294 e. The average molecular weight is 259 g/mol. The lowest BCUT2D eigenvalue weighted by Gasteiger charge is -2.42. The number of hydrogen-bond acceptors (Lipinski definition) is 1. The molecule has 1 atom stereocenters. The highest BCUT2D eigenvalue weighted by Gasteiger charge is 2.34. The topological polar surface area (TPSA) is 12.0 Å². The van der Waals surface area contributed by atoms with Crippen LogP contribution in [0.2, 0.25) is 0 Å². The van der Waals surface area contributed by atoms with Crippen molar-refractivity contribution in [3.8, 4) is 0 Å². The molecule has 0 amide bonds. The fourth-order valence-corrected chi connectivity index (χ4v) is 3.26. The number of hydrogen-bond donors (Lipinski definition) is 1. The first-order valence-electron chi connectivity index (χ1n) is 7.78. The Hall–Kier alpha value is -0.820. The Bertz CT molecular complexity index is 438. The summed E-state index contributed by atoms with van der Waals surface area (Å²) < 4.78 is 0. The molecule has 1 aliphatic rings. The van der Waals surface area contributed by atoms with Gasteiger partial charge in [0.05, 0.1) is 0 Å². The lowest BCUT2D eigenvalue weighted by Crippen LogP contribution is -2.40. The fourth-order valence-electron chi connectivity index (χ4n) is 3.26. The van der Waals surface area contributed by atoms with E-state index in [-0.39, 0.29) is 0 Å². The van der Waals surface area contributed by atoms with Crippen molar-refractivity contribution in [3.63, 3.8) is 0 Å². The quantitative estimate of drug-likeness (QED) is 0.797. The molecule has 0 heterocycles. The third-order valence-electron chi connectivity index (χ3n) is 5.30. The van der Waals surface area contributed by atoms with Gasteiger partial charge in [-0.1, -0.05) is 25.5 Å². The van der Waals surface area contributed by atoms with Gasteiger partial charge in [-0.3, -0.25) is 0 Å². The lowest BCUT2D eigenvalue weighted by molar-refractivity contribution is 0.120. The van der Waals surface area contributed by atoms with E-state index in [0.29, 0.717) is 11.5 Å². The van der Waals surface area contributed by atoms with Crippen molar-refractivity contribution in [1.82, 2.24) is 5.32 Å². The van der Waals surface area contributed by atoms with Crippen molar-refractivity contribution in [3.05, 3.63) is 34.4 Å². The SMILES string of the molecule is CCC1(CNC(C)c2cc(C)c(C)cc2C)CCC1. The maximum absolute atomic E-state index is 3.78. The van der Waals surface area contributed by atoms with Crippen molar-refractivity contribution < 1.29 is 0 Å².